The molecule has 0 aliphatic heterocycles. The van der Waals surface area contributed by atoms with Crippen molar-refractivity contribution in [2.75, 3.05) is 0 Å². The van der Waals surface area contributed by atoms with E-state index in [0.29, 0.717) is 0 Å². The summed E-state index contributed by atoms with van der Waals surface area (Å²) in [7, 11) is 0. The summed E-state index contributed by atoms with van der Waals surface area (Å²) in [6, 6.07) is 64.8. The quantitative estimate of drug-likeness (QED) is 0.167. The van der Waals surface area contributed by atoms with E-state index in [1.807, 2.05) is 128 Å². The zero-order valence-electron chi connectivity index (χ0n) is 41.7. The first-order valence-corrected chi connectivity index (χ1v) is 25.8. The number of hydrogen-bond acceptors (Lipinski definition) is 5. The molecule has 7 aromatic heterocycles. The first-order chi connectivity index (χ1) is 35.2. The Bertz CT molecular complexity index is 3670. The van der Waals surface area contributed by atoms with Crippen molar-refractivity contribution in [2.45, 2.75) is 55.4 Å². The molecular weight excluding hydrogens is 885 g/mol. The van der Waals surface area contributed by atoms with Crippen molar-refractivity contribution in [1.29, 1.82) is 0 Å². The molecule has 0 aliphatic rings. The molecule has 0 aliphatic carbocycles. The Kier molecular flexibility index (Phi) is 14.5. The number of nitrogens with zero attached hydrogens (tertiary/aromatic N) is 6. The van der Waals surface area contributed by atoms with Gasteiger partial charge in [-0.15, -0.1) is 11.3 Å². The van der Waals surface area contributed by atoms with Gasteiger partial charge in [0, 0.05) is 78.2 Å². The van der Waals surface area contributed by atoms with E-state index in [1.54, 1.807) is 0 Å². The monoisotopic (exact) mass is 942 g/mol. The van der Waals surface area contributed by atoms with Crippen LogP contribution in [0.15, 0.2) is 207 Å². The van der Waals surface area contributed by atoms with Crippen LogP contribution in [-0.4, -0.2) is 29.1 Å². The second-order valence-corrected chi connectivity index (χ2v) is 16.9. The minimum atomic E-state index is 0.954. The van der Waals surface area contributed by atoms with Gasteiger partial charge in [-0.1, -0.05) is 128 Å². The van der Waals surface area contributed by atoms with Crippen LogP contribution in [0.2, 0.25) is 0 Å². The van der Waals surface area contributed by atoms with Crippen molar-refractivity contribution in [3.63, 3.8) is 0 Å². The van der Waals surface area contributed by atoms with Gasteiger partial charge in [0.25, 0.3) is 0 Å². The van der Waals surface area contributed by atoms with Crippen molar-refractivity contribution in [2.24, 2.45) is 0 Å². The fourth-order valence-corrected chi connectivity index (χ4v) is 10.6. The molecule has 13 aromatic rings. The van der Waals surface area contributed by atoms with Crippen molar-refractivity contribution in [3.8, 4) is 56.1 Å². The van der Waals surface area contributed by atoms with E-state index in [9.17, 15) is 0 Å². The number of aromatic nitrogens is 6. The molecule has 0 fully saturated rings. The minimum absolute atomic E-state index is 0.954. The number of pyridine rings is 4. The Morgan fingerprint density at radius 2 is 0.704 bits per heavy atom. The lowest BCUT2D eigenvalue weighted by Gasteiger charge is -2.11. The highest BCUT2D eigenvalue weighted by atomic mass is 32.1. The molecular formula is C64H58N6S. The van der Waals surface area contributed by atoms with E-state index < -0.39 is 0 Å². The molecule has 71 heavy (non-hydrogen) atoms. The molecule has 6 nitrogen and oxygen atoms in total. The summed E-state index contributed by atoms with van der Waals surface area (Å²) in [5, 5.41) is 4.67. The topological polar surface area (TPSA) is 61.4 Å². The Balaban J connectivity index is 0.000000745. The van der Waals surface area contributed by atoms with E-state index in [0.717, 1.165) is 100 Å². The molecule has 0 saturated carbocycles. The summed E-state index contributed by atoms with van der Waals surface area (Å²) in [5.41, 5.74) is 17.2. The number of thiophene rings is 1. The average molecular weight is 943 g/mol. The van der Waals surface area contributed by atoms with E-state index in [1.165, 1.54) is 20.2 Å². The van der Waals surface area contributed by atoms with Crippen LogP contribution in [0.5, 0.6) is 0 Å². The summed E-state index contributed by atoms with van der Waals surface area (Å²) < 4.78 is 7.22. The zero-order valence-corrected chi connectivity index (χ0v) is 42.5. The lowest BCUT2D eigenvalue weighted by molar-refractivity contribution is 1.18. The molecule has 0 unspecified atom stereocenters. The minimum Gasteiger partial charge on any atom is -0.308 e. The molecule has 7 heteroatoms. The second kappa shape index (κ2) is 21.6. The van der Waals surface area contributed by atoms with E-state index in [2.05, 4.69) is 165 Å². The Morgan fingerprint density at radius 1 is 0.310 bits per heavy atom. The maximum atomic E-state index is 4.96. The van der Waals surface area contributed by atoms with Gasteiger partial charge in [0.15, 0.2) is 0 Å². The first kappa shape index (κ1) is 47.8. The molecule has 0 atom stereocenters. The number of fused-ring (bicyclic) bond motifs is 9. The smallest absolute Gasteiger partial charge is 0.0963 e. The average Bonchev–Trinajstić information content (AvgIpc) is 4.12. The lowest BCUT2D eigenvalue weighted by atomic mass is 9.96. The van der Waals surface area contributed by atoms with Crippen LogP contribution in [0.25, 0.3) is 120 Å². The molecule has 0 bridgehead atoms. The van der Waals surface area contributed by atoms with E-state index in [-0.39, 0.29) is 0 Å². The SMILES string of the molecule is CC.CC.CC.CC.c1ccc(-c2ccccc2-c2ccc3c(c2)c2ncccc2n3-c2ccc3sc4ccc(-n5c6ccc(-c7ccccc7-c7ccccn7)cc6c6ncccc65)cc4c3c2)nc1. The zero-order chi connectivity index (χ0) is 49.4. The van der Waals surface area contributed by atoms with Crippen LogP contribution < -0.4 is 0 Å². The molecule has 13 rings (SSSR count). The van der Waals surface area contributed by atoms with Crippen LogP contribution >= 0.6 is 11.3 Å². The summed E-state index contributed by atoms with van der Waals surface area (Å²) >= 11 is 1.83. The highest BCUT2D eigenvalue weighted by Gasteiger charge is 2.20. The third-order valence-electron chi connectivity index (χ3n) is 12.4. The molecule has 0 spiro atoms. The summed E-state index contributed by atoms with van der Waals surface area (Å²) in [5.74, 6) is 0. The van der Waals surface area contributed by atoms with Gasteiger partial charge in [-0.3, -0.25) is 19.9 Å². The van der Waals surface area contributed by atoms with Gasteiger partial charge in [0.05, 0.1) is 44.5 Å². The third kappa shape index (κ3) is 8.64. The van der Waals surface area contributed by atoms with E-state index in [4.69, 9.17) is 9.97 Å². The van der Waals surface area contributed by atoms with Gasteiger partial charge in [0.1, 0.15) is 0 Å². The summed E-state index contributed by atoms with van der Waals surface area (Å²) in [4.78, 5) is 19.3. The number of benzene rings is 6. The van der Waals surface area contributed by atoms with Crippen molar-refractivity contribution in [3.05, 3.63) is 207 Å². The lowest BCUT2D eigenvalue weighted by Crippen LogP contribution is -1.94. The Morgan fingerprint density at radius 3 is 1.11 bits per heavy atom. The maximum Gasteiger partial charge on any atom is 0.0963 e. The maximum absolute atomic E-state index is 4.96. The van der Waals surface area contributed by atoms with Crippen LogP contribution in [0, 0.1) is 0 Å². The molecule has 350 valence electrons. The highest BCUT2D eigenvalue weighted by Crippen LogP contribution is 2.42. The molecule has 0 saturated heterocycles. The van der Waals surface area contributed by atoms with Crippen molar-refractivity contribution < 1.29 is 0 Å². The number of hydrogen-bond donors (Lipinski definition) is 0. The third-order valence-corrected chi connectivity index (χ3v) is 13.5. The van der Waals surface area contributed by atoms with Crippen molar-refractivity contribution >= 4 is 75.4 Å². The number of rotatable bonds is 6. The van der Waals surface area contributed by atoms with Gasteiger partial charge in [0.2, 0.25) is 0 Å². The predicted molar refractivity (Wildman–Crippen MR) is 306 cm³/mol. The highest BCUT2D eigenvalue weighted by molar-refractivity contribution is 7.25. The van der Waals surface area contributed by atoms with Gasteiger partial charge in [-0.2, -0.15) is 0 Å². The molecule has 7 heterocycles. The van der Waals surface area contributed by atoms with Gasteiger partial charge < -0.3 is 9.13 Å². The van der Waals surface area contributed by atoms with Gasteiger partial charge in [-0.05, 0) is 131 Å². The second-order valence-electron chi connectivity index (χ2n) is 15.9. The molecule has 0 radical (unpaired) electrons. The summed E-state index contributed by atoms with van der Waals surface area (Å²) in [6.07, 6.45) is 7.49. The standard InChI is InChI=1S/C56H34N6S.4C2H6/c1-3-13-41(47-15-5-7-27-57-47)39(11-1)35-19-23-49-45(31-35)55-51(17-9-29-59-55)61(49)37-21-25-53-43(33-37)44-34-38(22-26-54(44)63-53)62-50-24-20-36(32-46(50)56-52(62)18-10-30-60-56)40-12-2-4-14-42(40)48-16-6-8-28-58-48;4*1-2/h1-34H;4*1-2H3. The fourth-order valence-electron chi connectivity index (χ4n) is 9.55. The van der Waals surface area contributed by atoms with Crippen LogP contribution in [0.4, 0.5) is 0 Å². The van der Waals surface area contributed by atoms with Gasteiger partial charge >= 0.3 is 0 Å². The molecule has 0 amide bonds. The fraction of sp³-hybridized carbons (Fsp3) is 0.125. The van der Waals surface area contributed by atoms with Crippen LogP contribution in [-0.2, 0) is 0 Å². The van der Waals surface area contributed by atoms with E-state index >= 15 is 0 Å². The first-order valence-electron chi connectivity index (χ1n) is 25.0. The predicted octanol–water partition coefficient (Wildman–Crippen LogP) is 18.6. The molecule has 6 aromatic carbocycles. The van der Waals surface area contributed by atoms with Crippen molar-refractivity contribution in [1.82, 2.24) is 29.1 Å². The Labute approximate surface area is 420 Å². The van der Waals surface area contributed by atoms with Gasteiger partial charge in [-0.25, -0.2) is 0 Å². The Hall–Kier alpha value is -8.26. The largest absolute Gasteiger partial charge is 0.308 e. The van der Waals surface area contributed by atoms with Crippen LogP contribution in [0.3, 0.4) is 0 Å². The normalized spacial score (nSPS) is 10.8. The summed E-state index contributed by atoms with van der Waals surface area (Å²) in [6.45, 7) is 16.0. The van der Waals surface area contributed by atoms with Crippen LogP contribution in [0.1, 0.15) is 55.4 Å². The molecule has 0 N–H and O–H groups in total.